The molecule has 1 N–H and O–H groups in total. The third kappa shape index (κ3) is 6.77. The molecule has 198 valence electrons. The summed E-state index contributed by atoms with van der Waals surface area (Å²) in [5, 5.41) is 4.31. The second-order valence-electron chi connectivity index (χ2n) is 10.0. The molecule has 4 aromatic carbocycles. The van der Waals surface area contributed by atoms with Crippen LogP contribution in [0.5, 0.6) is 5.75 Å². The minimum Gasteiger partial charge on any atom is -0.489 e. The van der Waals surface area contributed by atoms with Crippen molar-refractivity contribution in [2.75, 3.05) is 6.54 Å². The maximum atomic E-state index is 13.2. The molecular formula is C35H36N2O2. The van der Waals surface area contributed by atoms with Crippen molar-refractivity contribution in [1.82, 2.24) is 9.88 Å². The molecule has 0 bridgehead atoms. The van der Waals surface area contributed by atoms with E-state index in [0.717, 1.165) is 41.8 Å². The van der Waals surface area contributed by atoms with Crippen molar-refractivity contribution in [1.29, 1.82) is 0 Å². The molecule has 1 atom stereocenters. The lowest BCUT2D eigenvalue weighted by atomic mass is 9.88. The largest absolute Gasteiger partial charge is 0.489 e. The van der Waals surface area contributed by atoms with E-state index in [-0.39, 0.29) is 11.8 Å². The zero-order chi connectivity index (χ0) is 26.9. The van der Waals surface area contributed by atoms with Crippen LogP contribution in [-0.4, -0.2) is 17.0 Å². The summed E-state index contributed by atoms with van der Waals surface area (Å²) in [5.74, 6) is 0.776. The van der Waals surface area contributed by atoms with E-state index < -0.39 is 0 Å². The molecule has 5 rings (SSSR count). The monoisotopic (exact) mass is 516 g/mol. The van der Waals surface area contributed by atoms with Crippen LogP contribution in [0, 0.1) is 0 Å². The molecular weight excluding hydrogens is 480 g/mol. The van der Waals surface area contributed by atoms with E-state index in [2.05, 4.69) is 95.8 Å². The molecule has 1 heterocycles. The number of nitrogens with one attached hydrogen (secondary N) is 1. The fourth-order valence-electron chi connectivity index (χ4n) is 5.10. The molecule has 0 fully saturated rings. The predicted molar refractivity (Wildman–Crippen MR) is 159 cm³/mol. The maximum absolute atomic E-state index is 13.2. The van der Waals surface area contributed by atoms with Gasteiger partial charge in [-0.2, -0.15) is 0 Å². The fourth-order valence-corrected chi connectivity index (χ4v) is 5.10. The lowest BCUT2D eigenvalue weighted by Gasteiger charge is -2.18. The molecule has 0 unspecified atom stereocenters. The highest BCUT2D eigenvalue weighted by Gasteiger charge is 2.23. The van der Waals surface area contributed by atoms with E-state index in [1.807, 2.05) is 36.4 Å². The predicted octanol–water partition coefficient (Wildman–Crippen LogP) is 7.71. The standard InChI is InChI=1S/C35H36N2O2/c1-2-3-21-36-35(38)23-32(29-17-12-18-30(22-29)39-26-28-15-8-5-9-16-28)33-25-37(24-27-13-6-4-7-14-27)34-20-11-10-19-31(33)34/h4-20,22,25,32H,2-3,21,23-24,26H2,1H3,(H,36,38)/t32-/m0/s1. The second-order valence-corrected chi connectivity index (χ2v) is 10.0. The number of benzene rings is 4. The van der Waals surface area contributed by atoms with Crippen molar-refractivity contribution in [3.05, 3.63) is 138 Å². The molecule has 1 amide bonds. The normalized spacial score (nSPS) is 11.8. The number of fused-ring (bicyclic) bond motifs is 1. The Bertz CT molecular complexity index is 1490. The Kier molecular flexibility index (Phi) is 8.75. The van der Waals surface area contributed by atoms with E-state index >= 15 is 0 Å². The first kappa shape index (κ1) is 26.3. The van der Waals surface area contributed by atoms with Gasteiger partial charge in [0, 0.05) is 42.5 Å². The van der Waals surface area contributed by atoms with Crippen molar-refractivity contribution in [2.24, 2.45) is 0 Å². The average molecular weight is 517 g/mol. The van der Waals surface area contributed by atoms with Gasteiger partial charge in [-0.1, -0.05) is 104 Å². The molecule has 0 spiro atoms. The third-order valence-corrected chi connectivity index (χ3v) is 7.14. The van der Waals surface area contributed by atoms with E-state index in [1.165, 1.54) is 16.5 Å². The van der Waals surface area contributed by atoms with Crippen LogP contribution in [0.1, 0.15) is 54.4 Å². The van der Waals surface area contributed by atoms with Crippen LogP contribution in [0.15, 0.2) is 115 Å². The molecule has 0 aliphatic rings. The zero-order valence-electron chi connectivity index (χ0n) is 22.6. The molecule has 4 nitrogen and oxygen atoms in total. The van der Waals surface area contributed by atoms with Crippen LogP contribution in [0.2, 0.25) is 0 Å². The number of unbranched alkanes of at least 4 members (excludes halogenated alkanes) is 1. The third-order valence-electron chi connectivity index (χ3n) is 7.14. The Balaban J connectivity index is 1.49. The molecule has 0 aliphatic heterocycles. The maximum Gasteiger partial charge on any atom is 0.220 e. The molecule has 0 saturated carbocycles. The Hall–Kier alpha value is -4.31. The lowest BCUT2D eigenvalue weighted by molar-refractivity contribution is -0.121. The molecule has 1 aromatic heterocycles. The highest BCUT2D eigenvalue weighted by atomic mass is 16.5. The second kappa shape index (κ2) is 13.0. The number of hydrogen-bond donors (Lipinski definition) is 1. The Labute approximate surface area is 231 Å². The summed E-state index contributed by atoms with van der Waals surface area (Å²) in [6.07, 6.45) is 4.65. The van der Waals surface area contributed by atoms with E-state index in [9.17, 15) is 4.79 Å². The van der Waals surface area contributed by atoms with E-state index in [1.54, 1.807) is 0 Å². The Morgan fingerprint density at radius 3 is 2.33 bits per heavy atom. The molecule has 39 heavy (non-hydrogen) atoms. The first-order valence-electron chi connectivity index (χ1n) is 13.9. The van der Waals surface area contributed by atoms with Gasteiger partial charge in [0.1, 0.15) is 12.4 Å². The van der Waals surface area contributed by atoms with Gasteiger partial charge in [0.2, 0.25) is 5.91 Å². The van der Waals surface area contributed by atoms with Crippen LogP contribution in [-0.2, 0) is 17.9 Å². The van der Waals surface area contributed by atoms with Crippen LogP contribution in [0.3, 0.4) is 0 Å². The smallest absolute Gasteiger partial charge is 0.220 e. The van der Waals surface area contributed by atoms with Gasteiger partial charge in [0.25, 0.3) is 0 Å². The van der Waals surface area contributed by atoms with Crippen molar-refractivity contribution in [3.63, 3.8) is 0 Å². The van der Waals surface area contributed by atoms with Gasteiger partial charge in [0.05, 0.1) is 0 Å². The number of ether oxygens (including phenoxy) is 1. The number of hydrogen-bond acceptors (Lipinski definition) is 2. The fraction of sp³-hybridized carbons (Fsp3) is 0.229. The Morgan fingerprint density at radius 2 is 1.56 bits per heavy atom. The summed E-state index contributed by atoms with van der Waals surface area (Å²) in [4.78, 5) is 13.2. The summed E-state index contributed by atoms with van der Waals surface area (Å²) in [5.41, 5.74) is 5.78. The van der Waals surface area contributed by atoms with Crippen molar-refractivity contribution < 1.29 is 9.53 Å². The number of rotatable bonds is 12. The highest BCUT2D eigenvalue weighted by molar-refractivity contribution is 5.87. The van der Waals surface area contributed by atoms with Gasteiger partial charge in [-0.25, -0.2) is 0 Å². The van der Waals surface area contributed by atoms with Crippen molar-refractivity contribution >= 4 is 16.8 Å². The van der Waals surface area contributed by atoms with Crippen LogP contribution in [0.4, 0.5) is 0 Å². The van der Waals surface area contributed by atoms with Crippen LogP contribution < -0.4 is 10.1 Å². The summed E-state index contributed by atoms with van der Waals surface area (Å²) >= 11 is 0. The molecule has 5 aromatic rings. The summed E-state index contributed by atoms with van der Waals surface area (Å²) in [6, 6.07) is 37.4. The summed E-state index contributed by atoms with van der Waals surface area (Å²) in [6.45, 7) is 4.12. The molecule has 0 saturated heterocycles. The molecule has 4 heteroatoms. The summed E-state index contributed by atoms with van der Waals surface area (Å²) in [7, 11) is 0. The number of amides is 1. The minimum atomic E-state index is -0.103. The van der Waals surface area contributed by atoms with E-state index in [4.69, 9.17) is 4.74 Å². The molecule has 0 aliphatic carbocycles. The van der Waals surface area contributed by atoms with E-state index in [0.29, 0.717) is 19.6 Å². The van der Waals surface area contributed by atoms with Crippen molar-refractivity contribution in [2.45, 2.75) is 45.3 Å². The number of nitrogens with zero attached hydrogens (tertiary/aromatic N) is 1. The van der Waals surface area contributed by atoms with Crippen LogP contribution in [0.25, 0.3) is 10.9 Å². The van der Waals surface area contributed by atoms with Crippen LogP contribution >= 0.6 is 0 Å². The number of aromatic nitrogens is 1. The zero-order valence-corrected chi connectivity index (χ0v) is 22.6. The topological polar surface area (TPSA) is 43.3 Å². The Morgan fingerprint density at radius 1 is 0.846 bits per heavy atom. The van der Waals surface area contributed by atoms with Gasteiger partial charge in [0.15, 0.2) is 0 Å². The lowest BCUT2D eigenvalue weighted by Crippen LogP contribution is -2.26. The first-order valence-corrected chi connectivity index (χ1v) is 13.9. The quantitative estimate of drug-likeness (QED) is 0.173. The van der Waals surface area contributed by atoms with Gasteiger partial charge >= 0.3 is 0 Å². The average Bonchev–Trinajstić information content (AvgIpc) is 3.34. The van der Waals surface area contributed by atoms with Gasteiger partial charge < -0.3 is 14.6 Å². The van der Waals surface area contributed by atoms with Gasteiger partial charge in [-0.05, 0) is 46.9 Å². The number of carbonyl (C=O) groups excluding carboxylic acids is 1. The van der Waals surface area contributed by atoms with Gasteiger partial charge in [-0.15, -0.1) is 0 Å². The van der Waals surface area contributed by atoms with Crippen molar-refractivity contribution in [3.8, 4) is 5.75 Å². The van der Waals surface area contributed by atoms with Gasteiger partial charge in [-0.3, -0.25) is 4.79 Å². The molecule has 0 radical (unpaired) electrons. The number of carbonyl (C=O) groups is 1. The summed E-state index contributed by atoms with van der Waals surface area (Å²) < 4.78 is 8.47. The SMILES string of the molecule is CCCCNC(=O)C[C@@H](c1cccc(OCc2ccccc2)c1)c1cn(Cc2ccccc2)c2ccccc12. The number of para-hydroxylation sites is 1. The highest BCUT2D eigenvalue weighted by Crippen LogP contribution is 2.36. The minimum absolute atomic E-state index is 0.0731. The first-order chi connectivity index (χ1) is 19.2.